The van der Waals surface area contributed by atoms with E-state index in [-0.39, 0.29) is 0 Å². The van der Waals surface area contributed by atoms with Gasteiger partial charge >= 0.3 is 0 Å². The van der Waals surface area contributed by atoms with E-state index in [2.05, 4.69) is 33.1 Å². The van der Waals surface area contributed by atoms with Crippen molar-refractivity contribution in [2.45, 2.75) is 39.5 Å². The Morgan fingerprint density at radius 2 is 1.83 bits per heavy atom. The fourth-order valence-corrected chi connectivity index (χ4v) is 1.25. The van der Waals surface area contributed by atoms with E-state index in [1.54, 1.807) is 0 Å². The third-order valence-electron chi connectivity index (χ3n) is 2.59. The van der Waals surface area contributed by atoms with Gasteiger partial charge in [-0.1, -0.05) is 38.8 Å². The van der Waals surface area contributed by atoms with Gasteiger partial charge in [-0.15, -0.1) is 13.2 Å². The average molecular weight is 166 g/mol. The van der Waals surface area contributed by atoms with Gasteiger partial charge in [0.05, 0.1) is 0 Å². The molecule has 0 amide bonds. The molecule has 0 heteroatoms. The van der Waals surface area contributed by atoms with Crippen LogP contribution in [-0.4, -0.2) is 0 Å². The Morgan fingerprint density at radius 3 is 2.33 bits per heavy atom. The van der Waals surface area contributed by atoms with E-state index >= 15 is 0 Å². The Bertz CT molecular complexity index is 124. The van der Waals surface area contributed by atoms with Crippen molar-refractivity contribution in [3.05, 3.63) is 25.3 Å². The highest BCUT2D eigenvalue weighted by atomic mass is 14.1. The lowest BCUT2D eigenvalue weighted by Gasteiger charge is -2.15. The summed E-state index contributed by atoms with van der Waals surface area (Å²) in [6.45, 7) is 12.1. The molecule has 0 bridgehead atoms. The van der Waals surface area contributed by atoms with Gasteiger partial charge in [-0.25, -0.2) is 0 Å². The maximum absolute atomic E-state index is 3.81. The maximum atomic E-state index is 3.81. The molecule has 0 saturated carbocycles. The van der Waals surface area contributed by atoms with Gasteiger partial charge in [-0.05, 0) is 24.7 Å². The first-order chi connectivity index (χ1) is 5.72. The van der Waals surface area contributed by atoms with E-state index in [4.69, 9.17) is 0 Å². The molecule has 0 aliphatic rings. The first kappa shape index (κ1) is 11.5. The second-order valence-electron chi connectivity index (χ2n) is 3.65. The van der Waals surface area contributed by atoms with Crippen LogP contribution in [0, 0.1) is 11.8 Å². The van der Waals surface area contributed by atoms with Gasteiger partial charge in [0.1, 0.15) is 0 Å². The number of hydrogen-bond donors (Lipinski definition) is 0. The monoisotopic (exact) mass is 166 g/mol. The van der Waals surface area contributed by atoms with E-state index < -0.39 is 0 Å². The van der Waals surface area contributed by atoms with Crippen LogP contribution in [0.3, 0.4) is 0 Å². The molecule has 2 atom stereocenters. The molecular weight excluding hydrogens is 144 g/mol. The summed E-state index contributed by atoms with van der Waals surface area (Å²) in [7, 11) is 0. The Morgan fingerprint density at radius 1 is 1.17 bits per heavy atom. The molecule has 0 aromatic heterocycles. The third kappa shape index (κ3) is 5.17. The summed E-state index contributed by atoms with van der Waals surface area (Å²) in [5.74, 6) is 1.45. The van der Waals surface area contributed by atoms with Crippen LogP contribution in [-0.2, 0) is 0 Å². The smallest absolute Gasteiger partial charge is 0.0239 e. The first-order valence-electron chi connectivity index (χ1n) is 4.95. The minimum Gasteiger partial charge on any atom is -0.103 e. The van der Waals surface area contributed by atoms with E-state index in [9.17, 15) is 0 Å². The summed E-state index contributed by atoms with van der Waals surface area (Å²) < 4.78 is 0. The van der Waals surface area contributed by atoms with Crippen LogP contribution in [0.4, 0.5) is 0 Å². The van der Waals surface area contributed by atoms with Crippen molar-refractivity contribution in [2.24, 2.45) is 11.8 Å². The van der Waals surface area contributed by atoms with Crippen LogP contribution in [0.25, 0.3) is 0 Å². The highest BCUT2D eigenvalue weighted by Gasteiger charge is 2.06. The molecular formula is C12H22. The van der Waals surface area contributed by atoms with Crippen molar-refractivity contribution >= 4 is 0 Å². The van der Waals surface area contributed by atoms with Gasteiger partial charge in [0.15, 0.2) is 0 Å². The van der Waals surface area contributed by atoms with E-state index in [1.807, 2.05) is 6.08 Å². The van der Waals surface area contributed by atoms with Crippen LogP contribution >= 0.6 is 0 Å². The molecule has 0 radical (unpaired) electrons. The molecule has 0 aromatic rings. The summed E-state index contributed by atoms with van der Waals surface area (Å²) in [5.41, 5.74) is 0. The second kappa shape index (κ2) is 7.15. The van der Waals surface area contributed by atoms with Gasteiger partial charge < -0.3 is 0 Å². The van der Waals surface area contributed by atoms with Gasteiger partial charge in [0, 0.05) is 0 Å². The molecule has 2 unspecified atom stereocenters. The van der Waals surface area contributed by atoms with Crippen LogP contribution in [0.15, 0.2) is 25.3 Å². The van der Waals surface area contributed by atoms with Crippen LogP contribution in [0.1, 0.15) is 39.5 Å². The van der Waals surface area contributed by atoms with Gasteiger partial charge in [-0.2, -0.15) is 0 Å². The molecule has 0 fully saturated rings. The van der Waals surface area contributed by atoms with Crippen molar-refractivity contribution < 1.29 is 0 Å². The largest absolute Gasteiger partial charge is 0.103 e. The lowest BCUT2D eigenvalue weighted by molar-refractivity contribution is 0.411. The van der Waals surface area contributed by atoms with Crippen molar-refractivity contribution in [3.63, 3.8) is 0 Å². The molecule has 0 heterocycles. The highest BCUT2D eigenvalue weighted by molar-refractivity contribution is 4.79. The summed E-state index contributed by atoms with van der Waals surface area (Å²) in [6.07, 6.45) is 9.15. The predicted molar refractivity (Wildman–Crippen MR) is 57.2 cm³/mol. The normalized spacial score (nSPS) is 15.2. The highest BCUT2D eigenvalue weighted by Crippen LogP contribution is 2.18. The molecule has 0 rings (SSSR count). The molecule has 12 heavy (non-hydrogen) atoms. The minimum atomic E-state index is 0.661. The Hall–Kier alpha value is -0.520. The number of rotatable bonds is 7. The van der Waals surface area contributed by atoms with Crippen molar-refractivity contribution in [1.82, 2.24) is 0 Å². The maximum Gasteiger partial charge on any atom is -0.0239 e. The van der Waals surface area contributed by atoms with E-state index in [0.717, 1.165) is 12.3 Å². The second-order valence-corrected chi connectivity index (χ2v) is 3.65. The molecule has 0 N–H and O–H groups in total. The van der Waals surface area contributed by atoms with Crippen LogP contribution in [0.2, 0.25) is 0 Å². The molecule has 0 aromatic carbocycles. The fraction of sp³-hybridized carbons (Fsp3) is 0.667. The Labute approximate surface area is 77.4 Å². The Balaban J connectivity index is 3.36. The topological polar surface area (TPSA) is 0 Å². The fourth-order valence-electron chi connectivity index (χ4n) is 1.25. The quantitative estimate of drug-likeness (QED) is 0.393. The van der Waals surface area contributed by atoms with Crippen molar-refractivity contribution in [3.8, 4) is 0 Å². The number of hydrogen-bond acceptors (Lipinski definition) is 0. The molecule has 0 spiro atoms. The zero-order valence-electron chi connectivity index (χ0n) is 8.55. The number of allylic oxidation sites excluding steroid dienone is 2. The van der Waals surface area contributed by atoms with Crippen molar-refractivity contribution in [1.29, 1.82) is 0 Å². The molecule has 0 saturated heterocycles. The van der Waals surface area contributed by atoms with Gasteiger partial charge in [0.25, 0.3) is 0 Å². The SMILES string of the molecule is C=CCCCCC(C)C(C)C=C. The average Bonchev–Trinajstić information content (AvgIpc) is 2.10. The standard InChI is InChI=1S/C12H22/c1-5-7-8-9-10-12(4)11(3)6-2/h5-6,11-12H,1-2,7-10H2,3-4H3. The lowest BCUT2D eigenvalue weighted by atomic mass is 9.91. The Kier molecular flexibility index (Phi) is 6.84. The molecule has 0 aliphatic carbocycles. The summed E-state index contributed by atoms with van der Waals surface area (Å²) in [4.78, 5) is 0. The zero-order valence-corrected chi connectivity index (χ0v) is 8.55. The minimum absolute atomic E-state index is 0.661. The summed E-state index contributed by atoms with van der Waals surface area (Å²) in [5, 5.41) is 0. The lowest BCUT2D eigenvalue weighted by Crippen LogP contribution is -2.04. The molecule has 70 valence electrons. The third-order valence-corrected chi connectivity index (χ3v) is 2.59. The predicted octanol–water partition coefficient (Wildman–Crippen LogP) is 4.19. The molecule has 0 nitrogen and oxygen atoms in total. The van der Waals surface area contributed by atoms with E-state index in [1.165, 1.54) is 19.3 Å². The van der Waals surface area contributed by atoms with Gasteiger partial charge in [-0.3, -0.25) is 0 Å². The summed E-state index contributed by atoms with van der Waals surface area (Å²) in [6, 6.07) is 0. The van der Waals surface area contributed by atoms with Crippen molar-refractivity contribution in [2.75, 3.05) is 0 Å². The van der Waals surface area contributed by atoms with Crippen LogP contribution in [0.5, 0.6) is 0 Å². The number of unbranched alkanes of at least 4 members (excludes halogenated alkanes) is 2. The molecule has 0 aliphatic heterocycles. The van der Waals surface area contributed by atoms with E-state index in [0.29, 0.717) is 5.92 Å². The van der Waals surface area contributed by atoms with Crippen LogP contribution < -0.4 is 0 Å². The van der Waals surface area contributed by atoms with Gasteiger partial charge in [0.2, 0.25) is 0 Å². The zero-order chi connectivity index (χ0) is 9.40. The first-order valence-corrected chi connectivity index (χ1v) is 4.95. The summed E-state index contributed by atoms with van der Waals surface area (Å²) >= 11 is 0.